The Labute approximate surface area is 96.3 Å². The second kappa shape index (κ2) is 4.69. The summed E-state index contributed by atoms with van der Waals surface area (Å²) in [5.41, 5.74) is -0.138. The van der Waals surface area contributed by atoms with Crippen molar-refractivity contribution in [2.45, 2.75) is 39.0 Å². The number of carbonyl (C=O) groups excluding carboxylic acids is 1. The molecule has 0 radical (unpaired) electrons. The Balaban J connectivity index is 2.02. The number of carbonyl (C=O) groups is 1. The molecule has 86 valence electrons. The summed E-state index contributed by atoms with van der Waals surface area (Å²) < 4.78 is 5.17. The molecular formula is C14H18O2. The van der Waals surface area contributed by atoms with Gasteiger partial charge in [-0.1, -0.05) is 26.2 Å². The first-order chi connectivity index (χ1) is 7.71. The molecule has 1 aromatic rings. The van der Waals surface area contributed by atoms with E-state index in [1.54, 1.807) is 18.4 Å². The first kappa shape index (κ1) is 11.2. The van der Waals surface area contributed by atoms with E-state index >= 15 is 0 Å². The van der Waals surface area contributed by atoms with Crippen LogP contribution in [0.15, 0.2) is 28.9 Å². The third-order valence-corrected chi connectivity index (χ3v) is 3.49. The van der Waals surface area contributed by atoms with Gasteiger partial charge in [0.15, 0.2) is 5.78 Å². The molecular weight excluding hydrogens is 200 g/mol. The third kappa shape index (κ3) is 2.43. The molecule has 1 fully saturated rings. The number of rotatable bonds is 3. The quantitative estimate of drug-likeness (QED) is 0.722. The van der Waals surface area contributed by atoms with Gasteiger partial charge in [-0.05, 0) is 37.1 Å². The molecule has 1 saturated carbocycles. The predicted octanol–water partition coefficient (Wildman–Crippen LogP) is 3.83. The minimum absolute atomic E-state index is 0.138. The van der Waals surface area contributed by atoms with E-state index in [0.717, 1.165) is 18.6 Å². The Hall–Kier alpha value is -1.31. The highest BCUT2D eigenvalue weighted by atomic mass is 16.3. The summed E-state index contributed by atoms with van der Waals surface area (Å²) >= 11 is 0. The van der Waals surface area contributed by atoms with E-state index < -0.39 is 0 Å². The van der Waals surface area contributed by atoms with E-state index in [-0.39, 0.29) is 11.2 Å². The number of hydrogen-bond acceptors (Lipinski definition) is 2. The van der Waals surface area contributed by atoms with Crippen LogP contribution in [-0.2, 0) is 4.79 Å². The first-order valence-electron chi connectivity index (χ1n) is 5.97. The summed E-state index contributed by atoms with van der Waals surface area (Å²) in [5, 5.41) is 0. The summed E-state index contributed by atoms with van der Waals surface area (Å²) in [4.78, 5) is 12.1. The van der Waals surface area contributed by atoms with Gasteiger partial charge in [0, 0.05) is 5.41 Å². The Bertz CT molecular complexity index is 367. The summed E-state index contributed by atoms with van der Waals surface area (Å²) in [7, 11) is 0. The Kier molecular flexibility index (Phi) is 3.28. The molecule has 1 aliphatic carbocycles. The molecule has 0 bridgehead atoms. The van der Waals surface area contributed by atoms with Crippen LogP contribution in [0.25, 0.3) is 6.08 Å². The van der Waals surface area contributed by atoms with Crippen molar-refractivity contribution < 1.29 is 9.21 Å². The van der Waals surface area contributed by atoms with E-state index in [1.165, 1.54) is 19.3 Å². The van der Waals surface area contributed by atoms with Crippen LogP contribution in [0.2, 0.25) is 0 Å². The van der Waals surface area contributed by atoms with Crippen LogP contribution in [0.1, 0.15) is 44.8 Å². The molecule has 0 aromatic carbocycles. The van der Waals surface area contributed by atoms with Crippen molar-refractivity contribution in [2.75, 3.05) is 0 Å². The molecule has 0 saturated heterocycles. The summed E-state index contributed by atoms with van der Waals surface area (Å²) in [6.45, 7) is 2.08. The summed E-state index contributed by atoms with van der Waals surface area (Å²) in [6.07, 6.45) is 10.7. The number of hydrogen-bond donors (Lipinski definition) is 0. The van der Waals surface area contributed by atoms with Gasteiger partial charge in [-0.25, -0.2) is 0 Å². The van der Waals surface area contributed by atoms with Gasteiger partial charge in [0.1, 0.15) is 5.76 Å². The second-order valence-electron chi connectivity index (χ2n) is 4.83. The fourth-order valence-electron chi connectivity index (χ4n) is 2.32. The SMILES string of the molecule is CC1(C(=O)C=Cc2ccco2)CCCCC1. The monoisotopic (exact) mass is 218 g/mol. The van der Waals surface area contributed by atoms with Crippen molar-refractivity contribution in [3.63, 3.8) is 0 Å². The molecule has 1 aromatic heterocycles. The van der Waals surface area contributed by atoms with Crippen LogP contribution in [0.4, 0.5) is 0 Å². The van der Waals surface area contributed by atoms with Crippen LogP contribution in [0, 0.1) is 5.41 Å². The maximum absolute atomic E-state index is 12.1. The van der Waals surface area contributed by atoms with E-state index in [9.17, 15) is 4.79 Å². The molecule has 1 aliphatic rings. The van der Waals surface area contributed by atoms with Gasteiger partial charge in [0.2, 0.25) is 0 Å². The zero-order valence-electron chi connectivity index (χ0n) is 9.74. The average molecular weight is 218 g/mol. The normalized spacial score (nSPS) is 20.1. The van der Waals surface area contributed by atoms with Gasteiger partial charge >= 0.3 is 0 Å². The number of ketones is 1. The largest absolute Gasteiger partial charge is 0.465 e. The Morgan fingerprint density at radius 3 is 2.75 bits per heavy atom. The van der Waals surface area contributed by atoms with Gasteiger partial charge in [-0.15, -0.1) is 0 Å². The zero-order chi connectivity index (χ0) is 11.4. The number of allylic oxidation sites excluding steroid dienone is 1. The lowest BCUT2D eigenvalue weighted by Gasteiger charge is -2.30. The molecule has 0 N–H and O–H groups in total. The van der Waals surface area contributed by atoms with Crippen LogP contribution in [-0.4, -0.2) is 5.78 Å². The molecule has 16 heavy (non-hydrogen) atoms. The molecule has 0 amide bonds. The van der Waals surface area contributed by atoms with Crippen LogP contribution in [0.3, 0.4) is 0 Å². The van der Waals surface area contributed by atoms with E-state index in [4.69, 9.17) is 4.42 Å². The molecule has 0 unspecified atom stereocenters. The minimum Gasteiger partial charge on any atom is -0.465 e. The van der Waals surface area contributed by atoms with Crippen molar-refractivity contribution in [1.82, 2.24) is 0 Å². The highest BCUT2D eigenvalue weighted by Crippen LogP contribution is 2.36. The minimum atomic E-state index is -0.138. The molecule has 2 nitrogen and oxygen atoms in total. The topological polar surface area (TPSA) is 30.2 Å². The molecule has 2 heteroatoms. The van der Waals surface area contributed by atoms with Gasteiger partial charge in [0.25, 0.3) is 0 Å². The summed E-state index contributed by atoms with van der Waals surface area (Å²) in [5.74, 6) is 0.983. The third-order valence-electron chi connectivity index (χ3n) is 3.49. The average Bonchev–Trinajstić information content (AvgIpc) is 2.79. The lowest BCUT2D eigenvalue weighted by molar-refractivity contribution is -0.124. The van der Waals surface area contributed by atoms with Crippen molar-refractivity contribution in [3.05, 3.63) is 30.2 Å². The predicted molar refractivity (Wildman–Crippen MR) is 63.9 cm³/mol. The lowest BCUT2D eigenvalue weighted by atomic mass is 9.72. The van der Waals surface area contributed by atoms with Crippen molar-refractivity contribution >= 4 is 11.9 Å². The smallest absolute Gasteiger partial charge is 0.161 e. The van der Waals surface area contributed by atoms with E-state index in [0.29, 0.717) is 0 Å². The molecule has 1 heterocycles. The van der Waals surface area contributed by atoms with Crippen LogP contribution < -0.4 is 0 Å². The van der Waals surface area contributed by atoms with Gasteiger partial charge in [-0.2, -0.15) is 0 Å². The van der Waals surface area contributed by atoms with Gasteiger partial charge in [0.05, 0.1) is 6.26 Å². The number of furan rings is 1. The maximum Gasteiger partial charge on any atom is 0.161 e. The molecule has 0 atom stereocenters. The van der Waals surface area contributed by atoms with Gasteiger partial charge in [-0.3, -0.25) is 4.79 Å². The fraction of sp³-hybridized carbons (Fsp3) is 0.500. The van der Waals surface area contributed by atoms with Crippen molar-refractivity contribution in [1.29, 1.82) is 0 Å². The van der Waals surface area contributed by atoms with E-state index in [2.05, 4.69) is 6.92 Å². The highest BCUT2D eigenvalue weighted by Gasteiger charge is 2.32. The highest BCUT2D eigenvalue weighted by molar-refractivity contribution is 5.97. The maximum atomic E-state index is 12.1. The fourth-order valence-corrected chi connectivity index (χ4v) is 2.32. The molecule has 2 rings (SSSR count). The summed E-state index contributed by atoms with van der Waals surface area (Å²) in [6, 6.07) is 3.68. The molecule has 0 aliphatic heterocycles. The van der Waals surface area contributed by atoms with Crippen molar-refractivity contribution in [2.24, 2.45) is 5.41 Å². The van der Waals surface area contributed by atoms with Crippen molar-refractivity contribution in [3.8, 4) is 0 Å². The van der Waals surface area contributed by atoms with Crippen LogP contribution in [0.5, 0.6) is 0 Å². The standard InChI is InChI=1S/C14H18O2/c1-14(9-3-2-4-10-14)13(15)8-7-12-6-5-11-16-12/h5-8,11H,2-4,9-10H2,1H3. The molecule has 0 spiro atoms. The van der Waals surface area contributed by atoms with E-state index in [1.807, 2.05) is 12.1 Å². The Morgan fingerprint density at radius 1 is 1.38 bits per heavy atom. The van der Waals surface area contributed by atoms with Gasteiger partial charge < -0.3 is 4.42 Å². The zero-order valence-corrected chi connectivity index (χ0v) is 9.74. The Morgan fingerprint density at radius 2 is 2.12 bits per heavy atom. The first-order valence-corrected chi connectivity index (χ1v) is 5.97. The van der Waals surface area contributed by atoms with Crippen LogP contribution >= 0.6 is 0 Å². The second-order valence-corrected chi connectivity index (χ2v) is 4.83. The lowest BCUT2D eigenvalue weighted by Crippen LogP contribution is -2.28.